The van der Waals surface area contributed by atoms with Crippen LogP contribution in [0.15, 0.2) is 53.3 Å². The maximum absolute atomic E-state index is 12.9. The Morgan fingerprint density at radius 1 is 1.15 bits per heavy atom. The normalized spacial score (nSPS) is 14.8. The molecule has 2 aromatic carbocycles. The molecule has 27 heavy (non-hydrogen) atoms. The maximum Gasteiger partial charge on any atom is 0.256 e. The number of fused-ring (bicyclic) bond motifs is 3. The van der Waals surface area contributed by atoms with Crippen molar-refractivity contribution in [2.24, 2.45) is 5.73 Å². The number of amides is 1. The zero-order valence-corrected chi connectivity index (χ0v) is 14.8. The summed E-state index contributed by atoms with van der Waals surface area (Å²) >= 11 is 0. The molecule has 0 fully saturated rings. The summed E-state index contributed by atoms with van der Waals surface area (Å²) in [6.07, 6.45) is 1.02. The number of nitrogens with one attached hydrogen (secondary N) is 1. The lowest BCUT2D eigenvalue weighted by Gasteiger charge is -2.31. The number of hydrogen-bond donors (Lipinski definition) is 3. The SMILES string of the molecule is NC(Cc1ccc(O)cc1)C(=O)N1CCc2[nH]c(=O)c3ccccc3c2C1. The number of phenolic OH excluding ortho intramolecular Hbond substituents is 1. The second-order valence-corrected chi connectivity index (χ2v) is 6.94. The molecule has 1 aliphatic heterocycles. The Balaban J connectivity index is 1.56. The smallest absolute Gasteiger partial charge is 0.256 e. The molecule has 2 heterocycles. The standard InChI is InChI=1S/C21H21N3O3/c22-18(11-13-5-7-14(25)8-6-13)21(27)24-10-9-19-17(12-24)15-3-1-2-4-16(15)20(26)23-19/h1-8,18,25H,9-12,22H2,(H,23,26). The number of nitrogens with zero attached hydrogens (tertiary/aromatic N) is 1. The third-order valence-electron chi connectivity index (χ3n) is 5.13. The van der Waals surface area contributed by atoms with Crippen molar-refractivity contribution in [2.45, 2.75) is 25.4 Å². The molecule has 138 valence electrons. The fourth-order valence-corrected chi connectivity index (χ4v) is 3.69. The van der Waals surface area contributed by atoms with Crippen LogP contribution in [0.5, 0.6) is 5.75 Å². The maximum atomic E-state index is 12.9. The highest BCUT2D eigenvalue weighted by atomic mass is 16.3. The Morgan fingerprint density at radius 2 is 1.85 bits per heavy atom. The van der Waals surface area contributed by atoms with Crippen LogP contribution in [0.3, 0.4) is 0 Å². The Kier molecular flexibility index (Phi) is 4.41. The van der Waals surface area contributed by atoms with E-state index in [-0.39, 0.29) is 17.2 Å². The number of benzene rings is 2. The summed E-state index contributed by atoms with van der Waals surface area (Å²) in [7, 11) is 0. The first-order valence-electron chi connectivity index (χ1n) is 8.98. The molecule has 1 unspecified atom stereocenters. The number of phenols is 1. The molecule has 0 spiro atoms. The highest BCUT2D eigenvalue weighted by Gasteiger charge is 2.27. The Labute approximate surface area is 156 Å². The lowest BCUT2D eigenvalue weighted by molar-refractivity contribution is -0.133. The number of pyridine rings is 1. The highest BCUT2D eigenvalue weighted by Crippen LogP contribution is 2.24. The summed E-state index contributed by atoms with van der Waals surface area (Å²) in [6, 6.07) is 13.5. The van der Waals surface area contributed by atoms with Crippen LogP contribution in [0.2, 0.25) is 0 Å². The average molecular weight is 363 g/mol. The molecule has 4 N–H and O–H groups in total. The first-order valence-corrected chi connectivity index (χ1v) is 8.98. The molecule has 6 nitrogen and oxygen atoms in total. The minimum absolute atomic E-state index is 0.0897. The zero-order valence-electron chi connectivity index (χ0n) is 14.8. The van der Waals surface area contributed by atoms with Gasteiger partial charge < -0.3 is 20.7 Å². The third-order valence-corrected chi connectivity index (χ3v) is 5.13. The quantitative estimate of drug-likeness (QED) is 0.659. The molecule has 0 aliphatic carbocycles. The predicted octanol–water partition coefficient (Wildman–Crippen LogP) is 1.69. The predicted molar refractivity (Wildman–Crippen MR) is 103 cm³/mol. The van der Waals surface area contributed by atoms with Crippen molar-refractivity contribution in [3.05, 3.63) is 75.7 Å². The van der Waals surface area contributed by atoms with Crippen molar-refractivity contribution in [1.82, 2.24) is 9.88 Å². The van der Waals surface area contributed by atoms with Gasteiger partial charge in [0.15, 0.2) is 0 Å². The van der Waals surface area contributed by atoms with E-state index in [9.17, 15) is 14.7 Å². The van der Waals surface area contributed by atoms with Gasteiger partial charge in [-0.1, -0.05) is 30.3 Å². The minimum Gasteiger partial charge on any atom is -0.508 e. The number of carbonyl (C=O) groups is 1. The molecule has 1 amide bonds. The highest BCUT2D eigenvalue weighted by molar-refractivity contribution is 5.87. The Morgan fingerprint density at radius 3 is 2.59 bits per heavy atom. The first kappa shape index (κ1) is 17.3. The van der Waals surface area contributed by atoms with E-state index in [0.717, 1.165) is 22.2 Å². The summed E-state index contributed by atoms with van der Waals surface area (Å²) in [5, 5.41) is 10.9. The van der Waals surface area contributed by atoms with Gasteiger partial charge in [-0.25, -0.2) is 0 Å². The number of nitrogens with two attached hydrogens (primary N) is 1. The molecular formula is C21H21N3O3. The number of aromatic hydroxyl groups is 1. The number of aromatic nitrogens is 1. The second-order valence-electron chi connectivity index (χ2n) is 6.94. The van der Waals surface area contributed by atoms with Gasteiger partial charge in [-0.15, -0.1) is 0 Å². The van der Waals surface area contributed by atoms with Gasteiger partial charge in [0.05, 0.1) is 6.04 Å². The number of hydrogen-bond acceptors (Lipinski definition) is 4. The van der Waals surface area contributed by atoms with Gasteiger partial charge in [0.2, 0.25) is 5.91 Å². The first-order chi connectivity index (χ1) is 13.0. The van der Waals surface area contributed by atoms with Gasteiger partial charge in [0.1, 0.15) is 5.75 Å². The summed E-state index contributed by atoms with van der Waals surface area (Å²) in [5.74, 6) is 0.0798. The molecule has 0 saturated carbocycles. The van der Waals surface area contributed by atoms with E-state index < -0.39 is 6.04 Å². The lowest BCUT2D eigenvalue weighted by atomic mass is 9.97. The fraction of sp³-hybridized carbons (Fsp3) is 0.238. The molecule has 3 aromatic rings. The van der Waals surface area contributed by atoms with Gasteiger partial charge in [0, 0.05) is 30.6 Å². The van der Waals surface area contributed by atoms with Crippen molar-refractivity contribution in [1.29, 1.82) is 0 Å². The summed E-state index contributed by atoms with van der Waals surface area (Å²) < 4.78 is 0. The zero-order chi connectivity index (χ0) is 19.0. The van der Waals surface area contributed by atoms with E-state index in [1.807, 2.05) is 18.2 Å². The van der Waals surface area contributed by atoms with Crippen molar-refractivity contribution in [2.75, 3.05) is 6.54 Å². The monoisotopic (exact) mass is 363 g/mol. The number of H-pyrrole nitrogens is 1. The third kappa shape index (κ3) is 3.31. The van der Waals surface area contributed by atoms with E-state index in [0.29, 0.717) is 31.3 Å². The molecule has 0 saturated heterocycles. The summed E-state index contributed by atoms with van der Waals surface area (Å²) in [5.41, 5.74) is 8.86. The molecule has 1 aromatic heterocycles. The lowest BCUT2D eigenvalue weighted by Crippen LogP contribution is -2.47. The number of rotatable bonds is 3. The van der Waals surface area contributed by atoms with Crippen LogP contribution in [0.25, 0.3) is 10.8 Å². The summed E-state index contributed by atoms with van der Waals surface area (Å²) in [6.45, 7) is 0.970. The van der Waals surface area contributed by atoms with E-state index in [1.54, 1.807) is 35.2 Å². The van der Waals surface area contributed by atoms with Crippen LogP contribution < -0.4 is 11.3 Å². The van der Waals surface area contributed by atoms with Gasteiger partial charge in [-0.2, -0.15) is 0 Å². The van der Waals surface area contributed by atoms with Crippen molar-refractivity contribution in [3.63, 3.8) is 0 Å². The van der Waals surface area contributed by atoms with Crippen LogP contribution in [-0.2, 0) is 24.2 Å². The molecule has 4 rings (SSSR count). The molecule has 6 heteroatoms. The van der Waals surface area contributed by atoms with E-state index >= 15 is 0 Å². The summed E-state index contributed by atoms with van der Waals surface area (Å²) in [4.78, 5) is 29.8. The number of carbonyl (C=O) groups excluding carboxylic acids is 1. The fourth-order valence-electron chi connectivity index (χ4n) is 3.69. The molecule has 0 bridgehead atoms. The van der Waals surface area contributed by atoms with Crippen LogP contribution >= 0.6 is 0 Å². The van der Waals surface area contributed by atoms with Crippen LogP contribution in [0, 0.1) is 0 Å². The molecular weight excluding hydrogens is 342 g/mol. The molecule has 0 radical (unpaired) electrons. The van der Waals surface area contributed by atoms with E-state index in [2.05, 4.69) is 4.98 Å². The van der Waals surface area contributed by atoms with Crippen molar-refractivity contribution in [3.8, 4) is 5.75 Å². The van der Waals surface area contributed by atoms with Crippen LogP contribution in [-0.4, -0.2) is 33.5 Å². The van der Waals surface area contributed by atoms with Gasteiger partial charge >= 0.3 is 0 Å². The van der Waals surface area contributed by atoms with Crippen molar-refractivity contribution < 1.29 is 9.90 Å². The molecule has 1 atom stereocenters. The van der Waals surface area contributed by atoms with Crippen molar-refractivity contribution >= 4 is 16.7 Å². The van der Waals surface area contributed by atoms with Gasteiger partial charge in [0.25, 0.3) is 5.56 Å². The Hall–Kier alpha value is -3.12. The van der Waals surface area contributed by atoms with Crippen LogP contribution in [0.4, 0.5) is 0 Å². The average Bonchev–Trinajstić information content (AvgIpc) is 2.69. The van der Waals surface area contributed by atoms with Gasteiger partial charge in [-0.05, 0) is 41.1 Å². The number of aromatic amines is 1. The van der Waals surface area contributed by atoms with E-state index in [1.165, 1.54) is 0 Å². The van der Waals surface area contributed by atoms with E-state index in [4.69, 9.17) is 5.73 Å². The molecule has 1 aliphatic rings. The van der Waals surface area contributed by atoms with Crippen LogP contribution in [0.1, 0.15) is 16.8 Å². The topological polar surface area (TPSA) is 99.4 Å². The minimum atomic E-state index is -0.648. The largest absolute Gasteiger partial charge is 0.508 e. The Bertz CT molecular complexity index is 1060. The second kappa shape index (κ2) is 6.89. The van der Waals surface area contributed by atoms with Gasteiger partial charge in [-0.3, -0.25) is 9.59 Å².